The summed E-state index contributed by atoms with van der Waals surface area (Å²) >= 11 is 0. The van der Waals surface area contributed by atoms with Gasteiger partial charge in [-0.2, -0.15) is 0 Å². The van der Waals surface area contributed by atoms with E-state index >= 15 is 0 Å². The summed E-state index contributed by atoms with van der Waals surface area (Å²) in [6, 6.07) is 0. The van der Waals surface area contributed by atoms with E-state index in [9.17, 15) is 0 Å². The summed E-state index contributed by atoms with van der Waals surface area (Å²) in [4.78, 5) is 0. The summed E-state index contributed by atoms with van der Waals surface area (Å²) in [7, 11) is 0. The third-order valence-electron chi connectivity index (χ3n) is 3.94. The van der Waals surface area contributed by atoms with Gasteiger partial charge in [-0.1, -0.05) is 13.0 Å². The fourth-order valence-electron chi connectivity index (χ4n) is 2.51. The molecule has 68 valence electrons. The van der Waals surface area contributed by atoms with Crippen molar-refractivity contribution in [2.75, 3.05) is 6.61 Å². The molecule has 0 spiro atoms. The van der Waals surface area contributed by atoms with Crippen LogP contribution in [0.2, 0.25) is 0 Å². The van der Waals surface area contributed by atoms with Crippen molar-refractivity contribution in [3.63, 3.8) is 0 Å². The zero-order valence-electron chi connectivity index (χ0n) is 7.94. The van der Waals surface area contributed by atoms with E-state index in [1.807, 2.05) is 6.08 Å². The van der Waals surface area contributed by atoms with Crippen molar-refractivity contribution in [2.45, 2.75) is 44.6 Å². The zero-order valence-corrected chi connectivity index (χ0v) is 7.94. The van der Waals surface area contributed by atoms with Crippen LogP contribution < -0.4 is 0 Å². The first-order valence-corrected chi connectivity index (χ1v) is 5.02. The van der Waals surface area contributed by atoms with E-state index in [1.54, 1.807) is 0 Å². The molecule has 2 saturated heterocycles. The molecular formula is C11H18O. The molecular weight excluding hydrogens is 148 g/mol. The second-order valence-corrected chi connectivity index (χ2v) is 4.41. The van der Waals surface area contributed by atoms with Gasteiger partial charge in [0.2, 0.25) is 0 Å². The van der Waals surface area contributed by atoms with Crippen LogP contribution in [0.1, 0.15) is 39.0 Å². The monoisotopic (exact) mass is 166 g/mol. The highest BCUT2D eigenvalue weighted by molar-refractivity contribution is 5.07. The zero-order chi connectivity index (χ0) is 8.66. The van der Waals surface area contributed by atoms with Gasteiger partial charge in [0, 0.05) is 0 Å². The largest absolute Gasteiger partial charge is 0.370 e. The van der Waals surface area contributed by atoms with Gasteiger partial charge in [-0.3, -0.25) is 0 Å². The predicted molar refractivity (Wildman–Crippen MR) is 50.1 cm³/mol. The Hall–Kier alpha value is -0.300. The molecule has 3 rings (SSSR count). The summed E-state index contributed by atoms with van der Waals surface area (Å²) in [5, 5.41) is 0. The van der Waals surface area contributed by atoms with E-state index in [4.69, 9.17) is 4.74 Å². The summed E-state index contributed by atoms with van der Waals surface area (Å²) in [6.45, 7) is 7.13. The lowest BCUT2D eigenvalue weighted by atomic mass is 9.65. The highest BCUT2D eigenvalue weighted by Crippen LogP contribution is 2.50. The summed E-state index contributed by atoms with van der Waals surface area (Å²) in [5.74, 6) is 0. The average Bonchev–Trinajstić information content (AvgIpc) is 2.21. The maximum absolute atomic E-state index is 5.89. The number of hydrogen-bond acceptors (Lipinski definition) is 1. The Morgan fingerprint density at radius 2 is 2.00 bits per heavy atom. The van der Waals surface area contributed by atoms with Crippen LogP contribution in [0.4, 0.5) is 0 Å². The molecule has 0 aromatic carbocycles. The Kier molecular flexibility index (Phi) is 1.80. The molecule has 0 atom stereocenters. The number of ether oxygens (including phenoxy) is 1. The number of rotatable bonds is 2. The Morgan fingerprint density at radius 1 is 1.33 bits per heavy atom. The maximum Gasteiger partial charge on any atom is 0.0860 e. The smallest absolute Gasteiger partial charge is 0.0860 e. The van der Waals surface area contributed by atoms with E-state index in [2.05, 4.69) is 13.5 Å². The molecule has 0 radical (unpaired) electrons. The second kappa shape index (κ2) is 2.59. The minimum Gasteiger partial charge on any atom is -0.370 e. The number of hydrogen-bond donors (Lipinski definition) is 0. The van der Waals surface area contributed by atoms with Crippen molar-refractivity contribution in [3.8, 4) is 0 Å². The normalized spacial score (nSPS) is 46.1. The molecule has 1 nitrogen and oxygen atoms in total. The van der Waals surface area contributed by atoms with Crippen LogP contribution in [0.5, 0.6) is 0 Å². The van der Waals surface area contributed by atoms with Gasteiger partial charge in [-0.05, 0) is 37.5 Å². The summed E-state index contributed by atoms with van der Waals surface area (Å²) in [5.41, 5.74) is 0.599. The Balaban J connectivity index is 2.14. The lowest BCUT2D eigenvalue weighted by molar-refractivity contribution is -0.158. The van der Waals surface area contributed by atoms with E-state index in [-0.39, 0.29) is 5.60 Å². The third kappa shape index (κ3) is 1.03. The minimum absolute atomic E-state index is 0.0664. The molecule has 0 aromatic rings. The lowest BCUT2D eigenvalue weighted by Gasteiger charge is -2.51. The van der Waals surface area contributed by atoms with Gasteiger partial charge >= 0.3 is 0 Å². The van der Waals surface area contributed by atoms with Gasteiger partial charge in [-0.15, -0.1) is 6.58 Å². The van der Waals surface area contributed by atoms with Gasteiger partial charge < -0.3 is 4.74 Å². The molecule has 1 heteroatoms. The second-order valence-electron chi connectivity index (χ2n) is 4.41. The fraction of sp³-hybridized carbons (Fsp3) is 0.818. The van der Waals surface area contributed by atoms with Gasteiger partial charge in [0.15, 0.2) is 0 Å². The van der Waals surface area contributed by atoms with Crippen LogP contribution in [0.25, 0.3) is 0 Å². The highest BCUT2D eigenvalue weighted by atomic mass is 16.5. The molecule has 0 unspecified atom stereocenters. The Bertz CT molecular complexity index is 171. The Labute approximate surface area is 74.8 Å². The van der Waals surface area contributed by atoms with Crippen molar-refractivity contribution >= 4 is 0 Å². The highest BCUT2D eigenvalue weighted by Gasteiger charge is 2.46. The topological polar surface area (TPSA) is 9.23 Å². The first-order valence-electron chi connectivity index (χ1n) is 5.02. The van der Waals surface area contributed by atoms with Crippen molar-refractivity contribution in [1.82, 2.24) is 0 Å². The molecule has 0 amide bonds. The first-order chi connectivity index (χ1) is 5.74. The summed E-state index contributed by atoms with van der Waals surface area (Å²) in [6.07, 6.45) is 8.38. The number of fused-ring (bicyclic) bond motifs is 3. The SMILES string of the molecule is C=CC12CCC(CC)(CC1)CO2. The molecule has 0 N–H and O–H groups in total. The molecule has 1 saturated carbocycles. The minimum atomic E-state index is 0.0664. The quantitative estimate of drug-likeness (QED) is 0.573. The van der Waals surface area contributed by atoms with Crippen LogP contribution in [-0.4, -0.2) is 12.2 Å². The van der Waals surface area contributed by atoms with Crippen LogP contribution >= 0.6 is 0 Å². The van der Waals surface area contributed by atoms with Crippen molar-refractivity contribution in [3.05, 3.63) is 12.7 Å². The van der Waals surface area contributed by atoms with E-state index < -0.39 is 0 Å². The van der Waals surface area contributed by atoms with Gasteiger partial charge in [0.1, 0.15) is 0 Å². The van der Waals surface area contributed by atoms with E-state index in [1.165, 1.54) is 32.1 Å². The predicted octanol–water partition coefficient (Wildman–Crippen LogP) is 2.91. The molecule has 3 fully saturated rings. The van der Waals surface area contributed by atoms with Gasteiger partial charge in [0.25, 0.3) is 0 Å². The standard InChI is InChI=1S/C11H18O/c1-3-10-5-7-11(4-2,8-6-10)12-9-10/h4H,2-3,5-9H2,1H3. The lowest BCUT2D eigenvalue weighted by Crippen LogP contribution is -2.49. The van der Waals surface area contributed by atoms with Crippen molar-refractivity contribution in [2.24, 2.45) is 5.41 Å². The molecule has 3 aliphatic rings. The molecule has 2 heterocycles. The van der Waals surface area contributed by atoms with Crippen molar-refractivity contribution < 1.29 is 4.74 Å². The Morgan fingerprint density at radius 3 is 2.33 bits per heavy atom. The van der Waals surface area contributed by atoms with Gasteiger partial charge in [0.05, 0.1) is 12.2 Å². The van der Waals surface area contributed by atoms with Crippen LogP contribution in [0.15, 0.2) is 12.7 Å². The average molecular weight is 166 g/mol. The molecule has 12 heavy (non-hydrogen) atoms. The summed E-state index contributed by atoms with van der Waals surface area (Å²) < 4.78 is 5.89. The molecule has 1 aliphatic carbocycles. The van der Waals surface area contributed by atoms with Crippen LogP contribution in [-0.2, 0) is 4.74 Å². The fourth-order valence-corrected chi connectivity index (χ4v) is 2.51. The third-order valence-corrected chi connectivity index (χ3v) is 3.94. The van der Waals surface area contributed by atoms with Crippen LogP contribution in [0, 0.1) is 5.41 Å². The molecule has 2 bridgehead atoms. The maximum atomic E-state index is 5.89. The van der Waals surface area contributed by atoms with E-state index in [0.29, 0.717) is 5.41 Å². The molecule has 0 aromatic heterocycles. The van der Waals surface area contributed by atoms with E-state index in [0.717, 1.165) is 6.61 Å². The van der Waals surface area contributed by atoms with Crippen LogP contribution in [0.3, 0.4) is 0 Å². The van der Waals surface area contributed by atoms with Crippen molar-refractivity contribution in [1.29, 1.82) is 0 Å². The van der Waals surface area contributed by atoms with Gasteiger partial charge in [-0.25, -0.2) is 0 Å². The first kappa shape index (κ1) is 8.31. The molecule has 2 aliphatic heterocycles.